The third kappa shape index (κ3) is 4.15. The molecule has 100 valence electrons. The smallest absolute Gasteiger partial charge is 0.241 e. The van der Waals surface area contributed by atoms with E-state index in [9.17, 15) is 4.79 Å². The van der Waals surface area contributed by atoms with Crippen LogP contribution in [0.15, 0.2) is 24.3 Å². The molecule has 1 aromatic rings. The molecule has 18 heavy (non-hydrogen) atoms. The van der Waals surface area contributed by atoms with Crippen LogP contribution in [0, 0.1) is 5.92 Å². The SMILES string of the molecule is CC(C)CC(N)C(=O)Nc1ccccc1C(C)C. The lowest BCUT2D eigenvalue weighted by Crippen LogP contribution is -2.36. The zero-order valence-corrected chi connectivity index (χ0v) is 11.7. The maximum absolute atomic E-state index is 12.0. The third-order valence-electron chi connectivity index (χ3n) is 2.90. The lowest BCUT2D eigenvalue weighted by atomic mass is 10.00. The Morgan fingerprint density at radius 2 is 1.83 bits per heavy atom. The van der Waals surface area contributed by atoms with Gasteiger partial charge in [-0.25, -0.2) is 0 Å². The van der Waals surface area contributed by atoms with Gasteiger partial charge in [-0.2, -0.15) is 0 Å². The van der Waals surface area contributed by atoms with E-state index in [-0.39, 0.29) is 5.91 Å². The van der Waals surface area contributed by atoms with Crippen molar-refractivity contribution >= 4 is 11.6 Å². The summed E-state index contributed by atoms with van der Waals surface area (Å²) >= 11 is 0. The quantitative estimate of drug-likeness (QED) is 0.841. The molecule has 0 aliphatic carbocycles. The van der Waals surface area contributed by atoms with Crippen LogP contribution in [0.4, 0.5) is 5.69 Å². The first-order chi connectivity index (χ1) is 8.41. The predicted molar refractivity (Wildman–Crippen MR) is 76.6 cm³/mol. The van der Waals surface area contributed by atoms with Crippen LogP contribution in [0.2, 0.25) is 0 Å². The summed E-state index contributed by atoms with van der Waals surface area (Å²) < 4.78 is 0. The maximum atomic E-state index is 12.0. The Bertz CT molecular complexity index is 399. The first-order valence-electron chi connectivity index (χ1n) is 6.57. The van der Waals surface area contributed by atoms with Gasteiger partial charge in [0.2, 0.25) is 5.91 Å². The Labute approximate surface area is 110 Å². The number of nitrogens with one attached hydrogen (secondary N) is 1. The van der Waals surface area contributed by atoms with Crippen LogP contribution in [0.5, 0.6) is 0 Å². The maximum Gasteiger partial charge on any atom is 0.241 e. The molecule has 1 aromatic carbocycles. The van der Waals surface area contributed by atoms with Gasteiger partial charge in [-0.1, -0.05) is 45.9 Å². The van der Waals surface area contributed by atoms with Crippen molar-refractivity contribution in [1.82, 2.24) is 0 Å². The predicted octanol–water partition coefficient (Wildman–Crippen LogP) is 3.12. The standard InChI is InChI=1S/C15H24N2O/c1-10(2)9-13(16)15(18)17-14-8-6-5-7-12(14)11(3)4/h5-8,10-11,13H,9,16H2,1-4H3,(H,17,18). The Balaban J connectivity index is 2.75. The van der Waals surface area contributed by atoms with Crippen molar-refractivity contribution in [3.05, 3.63) is 29.8 Å². The fraction of sp³-hybridized carbons (Fsp3) is 0.533. The van der Waals surface area contributed by atoms with E-state index in [0.29, 0.717) is 18.3 Å². The molecule has 3 nitrogen and oxygen atoms in total. The normalized spacial score (nSPS) is 12.8. The Morgan fingerprint density at radius 3 is 2.39 bits per heavy atom. The van der Waals surface area contributed by atoms with Crippen LogP contribution in [0.3, 0.4) is 0 Å². The van der Waals surface area contributed by atoms with E-state index in [4.69, 9.17) is 5.73 Å². The summed E-state index contributed by atoms with van der Waals surface area (Å²) in [6, 6.07) is 7.43. The molecule has 0 aliphatic heterocycles. The van der Waals surface area contributed by atoms with Crippen molar-refractivity contribution in [3.63, 3.8) is 0 Å². The molecule has 1 rings (SSSR count). The van der Waals surface area contributed by atoms with E-state index in [1.807, 2.05) is 24.3 Å². The van der Waals surface area contributed by atoms with Gasteiger partial charge in [0.05, 0.1) is 6.04 Å². The van der Waals surface area contributed by atoms with Crippen LogP contribution in [-0.2, 0) is 4.79 Å². The van der Waals surface area contributed by atoms with E-state index in [1.165, 1.54) is 0 Å². The van der Waals surface area contributed by atoms with Crippen molar-refractivity contribution in [3.8, 4) is 0 Å². The Kier molecular flexibility index (Phi) is 5.35. The zero-order chi connectivity index (χ0) is 13.7. The van der Waals surface area contributed by atoms with Crippen molar-refractivity contribution in [2.75, 3.05) is 5.32 Å². The molecule has 0 radical (unpaired) electrons. The number of amides is 1. The third-order valence-corrected chi connectivity index (χ3v) is 2.90. The highest BCUT2D eigenvalue weighted by molar-refractivity contribution is 5.95. The molecule has 0 aromatic heterocycles. The van der Waals surface area contributed by atoms with Crippen LogP contribution >= 0.6 is 0 Å². The Hall–Kier alpha value is -1.35. The van der Waals surface area contributed by atoms with E-state index in [1.54, 1.807) is 0 Å². The number of carbonyl (C=O) groups is 1. The number of hydrogen-bond donors (Lipinski definition) is 2. The van der Waals surface area contributed by atoms with Crippen LogP contribution in [0.25, 0.3) is 0 Å². The molecule has 0 aliphatic rings. The van der Waals surface area contributed by atoms with Gasteiger partial charge in [-0.3, -0.25) is 4.79 Å². The summed E-state index contributed by atoms with van der Waals surface area (Å²) in [5, 5.41) is 2.93. The minimum absolute atomic E-state index is 0.100. The van der Waals surface area contributed by atoms with Crippen molar-refractivity contribution in [2.45, 2.75) is 46.1 Å². The van der Waals surface area contributed by atoms with Gasteiger partial charge in [0.1, 0.15) is 0 Å². The molecule has 1 amide bonds. The lowest BCUT2D eigenvalue weighted by Gasteiger charge is -2.17. The number of hydrogen-bond acceptors (Lipinski definition) is 2. The van der Waals surface area contributed by atoms with Crippen LogP contribution in [-0.4, -0.2) is 11.9 Å². The second-order valence-electron chi connectivity index (χ2n) is 5.47. The minimum atomic E-state index is -0.440. The first-order valence-corrected chi connectivity index (χ1v) is 6.57. The summed E-state index contributed by atoms with van der Waals surface area (Å²) in [6.07, 6.45) is 0.704. The molecular weight excluding hydrogens is 224 g/mol. The molecule has 1 atom stereocenters. The highest BCUT2D eigenvalue weighted by Gasteiger charge is 2.16. The summed E-state index contributed by atoms with van der Waals surface area (Å²) in [5.41, 5.74) is 7.89. The van der Waals surface area contributed by atoms with Gasteiger partial charge < -0.3 is 11.1 Å². The monoisotopic (exact) mass is 248 g/mol. The summed E-state index contributed by atoms with van der Waals surface area (Å²) in [6.45, 7) is 8.35. The molecule has 1 unspecified atom stereocenters. The number of para-hydroxylation sites is 1. The van der Waals surface area contributed by atoms with Gasteiger partial charge in [0.25, 0.3) is 0 Å². The lowest BCUT2D eigenvalue weighted by molar-refractivity contribution is -0.117. The van der Waals surface area contributed by atoms with E-state index in [0.717, 1.165) is 11.3 Å². The van der Waals surface area contributed by atoms with E-state index in [2.05, 4.69) is 33.0 Å². The van der Waals surface area contributed by atoms with E-state index < -0.39 is 6.04 Å². The summed E-state index contributed by atoms with van der Waals surface area (Å²) in [4.78, 5) is 12.0. The second kappa shape index (κ2) is 6.55. The fourth-order valence-electron chi connectivity index (χ4n) is 1.95. The largest absolute Gasteiger partial charge is 0.324 e. The van der Waals surface area contributed by atoms with Gasteiger partial charge in [0, 0.05) is 5.69 Å². The molecule has 3 heteroatoms. The van der Waals surface area contributed by atoms with Crippen molar-refractivity contribution < 1.29 is 4.79 Å². The number of carbonyl (C=O) groups excluding carboxylic acids is 1. The first kappa shape index (κ1) is 14.7. The number of anilines is 1. The molecule has 0 saturated carbocycles. The van der Waals surface area contributed by atoms with Gasteiger partial charge in [0.15, 0.2) is 0 Å². The average molecular weight is 248 g/mol. The van der Waals surface area contributed by atoms with Crippen LogP contribution < -0.4 is 11.1 Å². The second-order valence-corrected chi connectivity index (χ2v) is 5.47. The topological polar surface area (TPSA) is 55.1 Å². The van der Waals surface area contributed by atoms with Crippen molar-refractivity contribution in [1.29, 1.82) is 0 Å². The molecule has 0 saturated heterocycles. The molecule has 0 spiro atoms. The van der Waals surface area contributed by atoms with Gasteiger partial charge in [-0.05, 0) is 29.9 Å². The molecule has 0 bridgehead atoms. The Morgan fingerprint density at radius 1 is 1.22 bits per heavy atom. The molecule has 3 N–H and O–H groups in total. The molecular formula is C15H24N2O. The van der Waals surface area contributed by atoms with Gasteiger partial charge in [-0.15, -0.1) is 0 Å². The number of rotatable bonds is 5. The highest BCUT2D eigenvalue weighted by Crippen LogP contribution is 2.23. The molecule has 0 heterocycles. The zero-order valence-electron chi connectivity index (χ0n) is 11.7. The number of nitrogens with two attached hydrogens (primary N) is 1. The van der Waals surface area contributed by atoms with Crippen LogP contribution in [0.1, 0.15) is 45.6 Å². The number of benzene rings is 1. The molecule has 0 fully saturated rings. The van der Waals surface area contributed by atoms with Gasteiger partial charge >= 0.3 is 0 Å². The highest BCUT2D eigenvalue weighted by atomic mass is 16.2. The minimum Gasteiger partial charge on any atom is -0.324 e. The van der Waals surface area contributed by atoms with E-state index >= 15 is 0 Å². The summed E-state index contributed by atoms with van der Waals surface area (Å²) in [7, 11) is 0. The summed E-state index contributed by atoms with van der Waals surface area (Å²) in [5.74, 6) is 0.700. The average Bonchev–Trinajstić information content (AvgIpc) is 2.28. The fourth-order valence-corrected chi connectivity index (χ4v) is 1.95. The van der Waals surface area contributed by atoms with Crippen molar-refractivity contribution in [2.24, 2.45) is 11.7 Å².